The number of benzene rings is 1. The molecule has 2 heterocycles. The van der Waals surface area contributed by atoms with E-state index in [2.05, 4.69) is 50.6 Å². The summed E-state index contributed by atoms with van der Waals surface area (Å²) in [7, 11) is 1.84. The van der Waals surface area contributed by atoms with E-state index in [0.717, 1.165) is 42.7 Å². The number of guanidine groups is 1. The molecule has 0 bridgehead atoms. The van der Waals surface area contributed by atoms with Crippen molar-refractivity contribution >= 4 is 39.3 Å². The van der Waals surface area contributed by atoms with Gasteiger partial charge in [0.15, 0.2) is 5.96 Å². The third-order valence-corrected chi connectivity index (χ3v) is 6.44. The minimum Gasteiger partial charge on any atom is -0.356 e. The van der Waals surface area contributed by atoms with Gasteiger partial charge in [0, 0.05) is 31.8 Å². The van der Waals surface area contributed by atoms with Crippen molar-refractivity contribution in [2.75, 3.05) is 25.9 Å². The van der Waals surface area contributed by atoms with E-state index in [1.807, 2.05) is 13.1 Å². The fraction of sp³-hybridized carbons (Fsp3) is 0.529. The fourth-order valence-electron chi connectivity index (χ4n) is 2.71. The topological polar surface area (TPSA) is 49.3 Å². The Morgan fingerprint density at radius 2 is 2.26 bits per heavy atom. The average Bonchev–Trinajstić information content (AvgIpc) is 3.23. The molecular weight excluding hydrogens is 324 g/mol. The first-order valence-corrected chi connectivity index (χ1v) is 10.1. The summed E-state index contributed by atoms with van der Waals surface area (Å²) in [4.78, 5) is 8.98. The van der Waals surface area contributed by atoms with Crippen LogP contribution in [0.15, 0.2) is 29.3 Å². The van der Waals surface area contributed by atoms with Gasteiger partial charge in [0.2, 0.25) is 0 Å². The molecule has 124 valence electrons. The lowest BCUT2D eigenvalue weighted by Crippen LogP contribution is -2.40. The maximum Gasteiger partial charge on any atom is 0.191 e. The van der Waals surface area contributed by atoms with Crippen LogP contribution < -0.4 is 10.6 Å². The number of nitrogens with zero attached hydrogens (tertiary/aromatic N) is 2. The molecule has 2 N–H and O–H groups in total. The summed E-state index contributed by atoms with van der Waals surface area (Å²) in [5.74, 6) is 2.22. The molecule has 1 unspecified atom stereocenters. The zero-order valence-electron chi connectivity index (χ0n) is 13.5. The summed E-state index contributed by atoms with van der Waals surface area (Å²) < 4.78 is 1.28. The number of aromatic nitrogens is 1. The summed E-state index contributed by atoms with van der Waals surface area (Å²) in [6.07, 6.45) is 4.76. The number of aliphatic imine (C=N–C) groups is 1. The monoisotopic (exact) mass is 348 g/mol. The van der Waals surface area contributed by atoms with Gasteiger partial charge in [-0.25, -0.2) is 4.98 Å². The van der Waals surface area contributed by atoms with E-state index in [1.165, 1.54) is 28.3 Å². The van der Waals surface area contributed by atoms with Crippen molar-refractivity contribution in [1.29, 1.82) is 0 Å². The molecule has 0 amide bonds. The molecule has 2 aromatic rings. The van der Waals surface area contributed by atoms with Crippen LogP contribution in [0.5, 0.6) is 0 Å². The maximum atomic E-state index is 4.68. The molecule has 0 saturated carbocycles. The molecule has 1 saturated heterocycles. The van der Waals surface area contributed by atoms with Gasteiger partial charge in [0.05, 0.1) is 15.2 Å². The quantitative estimate of drug-likeness (QED) is 0.478. The van der Waals surface area contributed by atoms with Crippen LogP contribution in [0.1, 0.15) is 24.3 Å². The first kappa shape index (κ1) is 16.6. The normalized spacial score (nSPS) is 18.5. The molecule has 3 rings (SSSR count). The third kappa shape index (κ3) is 4.85. The number of hydrogen-bond acceptors (Lipinski definition) is 4. The zero-order chi connectivity index (χ0) is 15.9. The molecule has 0 spiro atoms. The molecule has 23 heavy (non-hydrogen) atoms. The molecular formula is C17H24N4S2. The Labute approximate surface area is 146 Å². The Morgan fingerprint density at radius 1 is 1.35 bits per heavy atom. The van der Waals surface area contributed by atoms with Crippen LogP contribution in [0.3, 0.4) is 0 Å². The van der Waals surface area contributed by atoms with Gasteiger partial charge in [-0.3, -0.25) is 4.99 Å². The molecule has 1 aliphatic heterocycles. The van der Waals surface area contributed by atoms with Crippen molar-refractivity contribution in [1.82, 2.24) is 15.6 Å². The fourth-order valence-corrected chi connectivity index (χ4v) is 4.92. The number of hydrogen-bond donors (Lipinski definition) is 2. The predicted octanol–water partition coefficient (Wildman–Crippen LogP) is 3.29. The van der Waals surface area contributed by atoms with Crippen molar-refractivity contribution < 1.29 is 0 Å². The van der Waals surface area contributed by atoms with Crippen molar-refractivity contribution in [2.24, 2.45) is 4.99 Å². The standard InChI is InChI=1S/C17H24N4S2/c1-18-17(20-12-13-6-5-11-22-13)19-10-4-9-16-21-14-7-2-3-8-15(14)23-16/h2-3,7-8,13H,4-6,9-12H2,1H3,(H2,18,19,20). The van der Waals surface area contributed by atoms with Gasteiger partial charge in [-0.15, -0.1) is 11.3 Å². The van der Waals surface area contributed by atoms with Crippen molar-refractivity contribution in [2.45, 2.75) is 30.9 Å². The first-order chi connectivity index (χ1) is 11.3. The minimum absolute atomic E-state index is 0.747. The molecule has 1 aromatic carbocycles. The summed E-state index contributed by atoms with van der Waals surface area (Å²) in [5, 5.41) is 8.81. The Hall–Kier alpha value is -1.27. The molecule has 1 aromatic heterocycles. The van der Waals surface area contributed by atoms with Gasteiger partial charge in [0.25, 0.3) is 0 Å². The van der Waals surface area contributed by atoms with Gasteiger partial charge in [-0.05, 0) is 37.1 Å². The molecule has 4 nitrogen and oxygen atoms in total. The van der Waals surface area contributed by atoms with Crippen molar-refractivity contribution in [3.05, 3.63) is 29.3 Å². The van der Waals surface area contributed by atoms with Crippen LogP contribution >= 0.6 is 23.1 Å². The number of fused-ring (bicyclic) bond motifs is 1. The smallest absolute Gasteiger partial charge is 0.191 e. The number of aryl methyl sites for hydroxylation is 1. The van der Waals surface area contributed by atoms with Crippen LogP contribution in [0.25, 0.3) is 10.2 Å². The van der Waals surface area contributed by atoms with Crippen LogP contribution in [0.4, 0.5) is 0 Å². The Bertz CT molecular complexity index is 614. The highest BCUT2D eigenvalue weighted by Gasteiger charge is 2.15. The second-order valence-electron chi connectivity index (χ2n) is 5.69. The lowest BCUT2D eigenvalue weighted by Gasteiger charge is -2.14. The molecule has 1 aliphatic rings. The van der Waals surface area contributed by atoms with Gasteiger partial charge >= 0.3 is 0 Å². The number of thiazole rings is 1. The highest BCUT2D eigenvalue weighted by Crippen LogP contribution is 2.25. The lowest BCUT2D eigenvalue weighted by molar-refractivity contribution is 0.709. The van der Waals surface area contributed by atoms with E-state index in [9.17, 15) is 0 Å². The summed E-state index contributed by atoms with van der Waals surface area (Å²) in [6, 6.07) is 8.34. The minimum atomic E-state index is 0.747. The summed E-state index contributed by atoms with van der Waals surface area (Å²) in [6.45, 7) is 1.94. The molecule has 0 radical (unpaired) electrons. The number of rotatable bonds is 6. The lowest BCUT2D eigenvalue weighted by atomic mass is 10.2. The summed E-state index contributed by atoms with van der Waals surface area (Å²) in [5.41, 5.74) is 1.12. The number of thioether (sulfide) groups is 1. The van der Waals surface area contributed by atoms with Gasteiger partial charge in [0.1, 0.15) is 0 Å². The van der Waals surface area contributed by atoms with Gasteiger partial charge in [-0.2, -0.15) is 11.8 Å². The predicted molar refractivity (Wildman–Crippen MR) is 103 cm³/mol. The molecule has 0 aliphatic carbocycles. The van der Waals surface area contributed by atoms with E-state index < -0.39 is 0 Å². The van der Waals surface area contributed by atoms with E-state index >= 15 is 0 Å². The van der Waals surface area contributed by atoms with Crippen LogP contribution in [0.2, 0.25) is 0 Å². The highest BCUT2D eigenvalue weighted by atomic mass is 32.2. The van der Waals surface area contributed by atoms with Crippen molar-refractivity contribution in [3.63, 3.8) is 0 Å². The SMILES string of the molecule is CN=C(NCCCc1nc2ccccc2s1)NCC1CCCS1. The first-order valence-electron chi connectivity index (χ1n) is 8.26. The number of para-hydroxylation sites is 1. The summed E-state index contributed by atoms with van der Waals surface area (Å²) >= 11 is 3.87. The second-order valence-corrected chi connectivity index (χ2v) is 8.22. The van der Waals surface area contributed by atoms with Crippen LogP contribution in [-0.2, 0) is 6.42 Å². The number of nitrogens with one attached hydrogen (secondary N) is 2. The van der Waals surface area contributed by atoms with E-state index in [1.54, 1.807) is 11.3 Å². The largest absolute Gasteiger partial charge is 0.356 e. The second kappa shape index (κ2) is 8.55. The Morgan fingerprint density at radius 3 is 3.04 bits per heavy atom. The van der Waals surface area contributed by atoms with E-state index in [-0.39, 0.29) is 0 Å². The zero-order valence-corrected chi connectivity index (χ0v) is 15.2. The van der Waals surface area contributed by atoms with Crippen molar-refractivity contribution in [3.8, 4) is 0 Å². The van der Waals surface area contributed by atoms with Gasteiger partial charge < -0.3 is 10.6 Å². The molecule has 1 fully saturated rings. The third-order valence-electron chi connectivity index (χ3n) is 3.94. The molecule has 6 heteroatoms. The van der Waals surface area contributed by atoms with Crippen LogP contribution in [0, 0.1) is 0 Å². The Kier molecular flexibility index (Phi) is 6.16. The highest BCUT2D eigenvalue weighted by molar-refractivity contribution is 8.00. The maximum absolute atomic E-state index is 4.68. The van der Waals surface area contributed by atoms with E-state index in [4.69, 9.17) is 0 Å². The van der Waals surface area contributed by atoms with Gasteiger partial charge in [-0.1, -0.05) is 12.1 Å². The molecule has 1 atom stereocenters. The van der Waals surface area contributed by atoms with Crippen LogP contribution in [-0.4, -0.2) is 42.1 Å². The average molecular weight is 349 g/mol. The van der Waals surface area contributed by atoms with E-state index in [0.29, 0.717) is 0 Å². The Balaban J connectivity index is 1.37.